The van der Waals surface area contributed by atoms with Gasteiger partial charge in [-0.1, -0.05) is 6.42 Å². The Morgan fingerprint density at radius 2 is 1.92 bits per heavy atom. The molecule has 142 valence electrons. The van der Waals surface area contributed by atoms with Crippen LogP contribution in [0.15, 0.2) is 12.3 Å². The molecule has 0 radical (unpaired) electrons. The first-order chi connectivity index (χ1) is 12.4. The van der Waals surface area contributed by atoms with Crippen LogP contribution >= 0.6 is 0 Å². The summed E-state index contributed by atoms with van der Waals surface area (Å²) in [6.45, 7) is 1.17. The molecule has 0 spiro atoms. The summed E-state index contributed by atoms with van der Waals surface area (Å²) >= 11 is 0. The minimum Gasteiger partial charge on any atom is -0.342 e. The van der Waals surface area contributed by atoms with Crippen LogP contribution in [0.5, 0.6) is 0 Å². The van der Waals surface area contributed by atoms with Gasteiger partial charge in [-0.2, -0.15) is 5.10 Å². The quantitative estimate of drug-likeness (QED) is 0.824. The van der Waals surface area contributed by atoms with Gasteiger partial charge in [-0.05, 0) is 18.9 Å². The number of carbonyl (C=O) groups is 2. The van der Waals surface area contributed by atoms with Gasteiger partial charge in [0.1, 0.15) is 0 Å². The second kappa shape index (κ2) is 6.63. The topological polar surface area (TPSA) is 58.4 Å². The highest BCUT2D eigenvalue weighted by atomic mass is 19.3. The molecule has 0 aromatic carbocycles. The average molecular weight is 366 g/mol. The number of fused-ring (bicyclic) bond motifs is 1. The maximum Gasteiger partial charge on any atom is 0.251 e. The van der Waals surface area contributed by atoms with Gasteiger partial charge in [-0.15, -0.1) is 0 Å². The number of nitrogens with zero attached hydrogens (tertiary/aromatic N) is 4. The molecular formula is C18H24F2N4O2. The van der Waals surface area contributed by atoms with E-state index >= 15 is 0 Å². The Balaban J connectivity index is 1.43. The Bertz CT molecular complexity index is 691. The number of hydrogen-bond acceptors (Lipinski definition) is 3. The van der Waals surface area contributed by atoms with Crippen molar-refractivity contribution in [3.05, 3.63) is 18.0 Å². The Kier molecular flexibility index (Phi) is 4.44. The fourth-order valence-corrected chi connectivity index (χ4v) is 4.03. The number of likely N-dealkylation sites (tertiary alicyclic amines) is 1. The predicted octanol–water partition coefficient (Wildman–Crippen LogP) is 2.21. The van der Waals surface area contributed by atoms with E-state index in [1.165, 1.54) is 4.90 Å². The Morgan fingerprint density at radius 3 is 2.58 bits per heavy atom. The predicted molar refractivity (Wildman–Crippen MR) is 89.4 cm³/mol. The molecule has 1 aromatic heterocycles. The highest BCUT2D eigenvalue weighted by Gasteiger charge is 2.38. The van der Waals surface area contributed by atoms with E-state index in [-0.39, 0.29) is 56.1 Å². The molecule has 8 heteroatoms. The lowest BCUT2D eigenvalue weighted by Gasteiger charge is -2.38. The van der Waals surface area contributed by atoms with Crippen LogP contribution in [0.1, 0.15) is 50.3 Å². The summed E-state index contributed by atoms with van der Waals surface area (Å²) in [6, 6.07) is 1.65. The van der Waals surface area contributed by atoms with Crippen LogP contribution < -0.4 is 0 Å². The maximum atomic E-state index is 13.3. The zero-order chi connectivity index (χ0) is 18.3. The standard InChI is InChI=1S/C18H24F2N4O2/c19-18(20)5-8-22(9-6-18)16(25)10-15-12-23(17(26)13-2-1-3-13)11-14-4-7-21-24(14)15/h4,7,13,15H,1-3,5-6,8-12H2/t15-/m0/s1. The van der Waals surface area contributed by atoms with Crippen molar-refractivity contribution in [3.8, 4) is 0 Å². The van der Waals surface area contributed by atoms with Gasteiger partial charge in [0.2, 0.25) is 11.8 Å². The summed E-state index contributed by atoms with van der Waals surface area (Å²) in [5.74, 6) is -2.52. The van der Waals surface area contributed by atoms with Crippen molar-refractivity contribution in [1.29, 1.82) is 0 Å². The van der Waals surface area contributed by atoms with Crippen molar-refractivity contribution in [2.75, 3.05) is 19.6 Å². The van der Waals surface area contributed by atoms with E-state index in [1.807, 2.05) is 15.6 Å². The van der Waals surface area contributed by atoms with E-state index in [0.29, 0.717) is 13.1 Å². The van der Waals surface area contributed by atoms with Crippen LogP contribution in [0.2, 0.25) is 0 Å². The van der Waals surface area contributed by atoms with Gasteiger partial charge in [0.15, 0.2) is 0 Å². The monoisotopic (exact) mass is 366 g/mol. The molecular weight excluding hydrogens is 342 g/mol. The first kappa shape index (κ1) is 17.4. The lowest BCUT2D eigenvalue weighted by molar-refractivity contribution is -0.143. The summed E-state index contributed by atoms with van der Waals surface area (Å²) in [4.78, 5) is 28.6. The Labute approximate surface area is 151 Å². The fraction of sp³-hybridized carbons (Fsp3) is 0.722. The van der Waals surface area contributed by atoms with E-state index in [1.54, 1.807) is 6.20 Å². The van der Waals surface area contributed by atoms with Gasteiger partial charge < -0.3 is 9.80 Å². The van der Waals surface area contributed by atoms with Crippen LogP contribution in [-0.2, 0) is 16.1 Å². The SMILES string of the molecule is O=C(C[C@H]1CN(C(=O)C2CCC2)Cc2ccnn21)N1CCC(F)(F)CC1. The molecule has 2 aliphatic heterocycles. The largest absolute Gasteiger partial charge is 0.342 e. The summed E-state index contributed by atoms with van der Waals surface area (Å²) in [7, 11) is 0. The summed E-state index contributed by atoms with van der Waals surface area (Å²) in [5.41, 5.74) is 0.923. The van der Waals surface area contributed by atoms with Crippen LogP contribution in [0.3, 0.4) is 0 Å². The van der Waals surface area contributed by atoms with Crippen LogP contribution in [0, 0.1) is 5.92 Å². The number of alkyl halides is 2. The van der Waals surface area contributed by atoms with E-state index in [2.05, 4.69) is 5.10 Å². The highest BCUT2D eigenvalue weighted by molar-refractivity contribution is 5.80. The average Bonchev–Trinajstić information content (AvgIpc) is 3.01. The molecule has 1 aromatic rings. The minimum absolute atomic E-state index is 0.0925. The molecule has 0 N–H and O–H groups in total. The molecule has 6 nitrogen and oxygen atoms in total. The second-order valence-corrected chi connectivity index (χ2v) is 7.71. The third-order valence-electron chi connectivity index (χ3n) is 5.91. The molecule has 4 rings (SSSR count). The van der Waals surface area contributed by atoms with Gasteiger partial charge in [0, 0.05) is 44.6 Å². The summed E-state index contributed by atoms with van der Waals surface area (Å²) < 4.78 is 28.4. The first-order valence-electron chi connectivity index (χ1n) is 9.40. The second-order valence-electron chi connectivity index (χ2n) is 7.71. The number of piperidine rings is 1. The van der Waals surface area contributed by atoms with Gasteiger partial charge in [0.05, 0.1) is 24.7 Å². The van der Waals surface area contributed by atoms with E-state index in [9.17, 15) is 18.4 Å². The third-order valence-corrected chi connectivity index (χ3v) is 5.91. The number of carbonyl (C=O) groups excluding carboxylic acids is 2. The molecule has 1 saturated carbocycles. The smallest absolute Gasteiger partial charge is 0.251 e. The molecule has 3 aliphatic rings. The molecule has 2 fully saturated rings. The molecule has 1 atom stereocenters. The Morgan fingerprint density at radius 1 is 1.19 bits per heavy atom. The third kappa shape index (κ3) is 3.33. The number of hydrogen-bond donors (Lipinski definition) is 0. The van der Waals surface area contributed by atoms with Gasteiger partial charge in [-0.3, -0.25) is 14.3 Å². The zero-order valence-corrected chi connectivity index (χ0v) is 14.7. The maximum absolute atomic E-state index is 13.3. The van der Waals surface area contributed by atoms with E-state index in [4.69, 9.17) is 0 Å². The van der Waals surface area contributed by atoms with Crippen molar-refractivity contribution in [1.82, 2.24) is 19.6 Å². The molecule has 2 amide bonds. The molecule has 26 heavy (non-hydrogen) atoms. The van der Waals surface area contributed by atoms with Gasteiger partial charge in [-0.25, -0.2) is 8.78 Å². The van der Waals surface area contributed by atoms with Crippen molar-refractivity contribution in [3.63, 3.8) is 0 Å². The van der Waals surface area contributed by atoms with Crippen molar-refractivity contribution in [2.45, 2.75) is 57.0 Å². The Hall–Kier alpha value is -1.99. The van der Waals surface area contributed by atoms with Crippen LogP contribution in [0.4, 0.5) is 8.78 Å². The van der Waals surface area contributed by atoms with Crippen molar-refractivity contribution < 1.29 is 18.4 Å². The molecule has 0 unspecified atom stereocenters. The van der Waals surface area contributed by atoms with E-state index in [0.717, 1.165) is 25.0 Å². The highest BCUT2D eigenvalue weighted by Crippen LogP contribution is 2.32. The van der Waals surface area contributed by atoms with Crippen molar-refractivity contribution >= 4 is 11.8 Å². The first-order valence-corrected chi connectivity index (χ1v) is 9.40. The van der Waals surface area contributed by atoms with Crippen LogP contribution in [-0.4, -0.2) is 57.0 Å². The lowest BCUT2D eigenvalue weighted by atomic mass is 9.84. The van der Waals surface area contributed by atoms with Gasteiger partial charge >= 0.3 is 0 Å². The normalized spacial score (nSPS) is 25.5. The number of rotatable bonds is 3. The molecule has 1 saturated heterocycles. The fourth-order valence-electron chi connectivity index (χ4n) is 4.03. The van der Waals surface area contributed by atoms with Crippen LogP contribution in [0.25, 0.3) is 0 Å². The van der Waals surface area contributed by atoms with Crippen molar-refractivity contribution in [2.24, 2.45) is 5.92 Å². The number of halogens is 2. The van der Waals surface area contributed by atoms with E-state index < -0.39 is 5.92 Å². The summed E-state index contributed by atoms with van der Waals surface area (Å²) in [6.07, 6.45) is 4.32. The zero-order valence-electron chi connectivity index (χ0n) is 14.7. The van der Waals surface area contributed by atoms with Gasteiger partial charge in [0.25, 0.3) is 5.92 Å². The lowest BCUT2D eigenvalue weighted by Crippen LogP contribution is -2.47. The molecule has 1 aliphatic carbocycles. The number of amides is 2. The molecule has 0 bridgehead atoms. The molecule has 3 heterocycles. The minimum atomic E-state index is -2.66. The summed E-state index contributed by atoms with van der Waals surface area (Å²) in [5, 5.41) is 4.32. The number of aromatic nitrogens is 2.